The van der Waals surface area contributed by atoms with Crippen LogP contribution in [-0.2, 0) is 13.1 Å². The molecule has 3 aromatic rings. The molecule has 4 heterocycles. The molecule has 23 heavy (non-hydrogen) atoms. The van der Waals surface area contributed by atoms with E-state index in [1.54, 1.807) is 0 Å². The summed E-state index contributed by atoms with van der Waals surface area (Å²) in [4.78, 5) is 2.48. The molecular weight excluding hydrogens is 286 g/mol. The van der Waals surface area contributed by atoms with Crippen LogP contribution in [0.1, 0.15) is 24.0 Å². The summed E-state index contributed by atoms with van der Waals surface area (Å²) in [6.07, 6.45) is 10.3. The van der Waals surface area contributed by atoms with Gasteiger partial charge in [-0.2, -0.15) is 10.4 Å². The Morgan fingerprint density at radius 1 is 1.26 bits per heavy atom. The topological polar surface area (TPSA) is 49.3 Å². The second-order valence-electron chi connectivity index (χ2n) is 6.13. The predicted molar refractivity (Wildman–Crippen MR) is 87.8 cm³/mol. The number of fused-ring (bicyclic) bond motifs is 1. The zero-order valence-electron chi connectivity index (χ0n) is 13.0. The molecule has 0 bridgehead atoms. The molecule has 0 amide bonds. The van der Waals surface area contributed by atoms with Crippen LogP contribution in [-0.4, -0.2) is 31.7 Å². The summed E-state index contributed by atoms with van der Waals surface area (Å²) in [5.74, 6) is 0. The van der Waals surface area contributed by atoms with Gasteiger partial charge < -0.3 is 4.40 Å². The van der Waals surface area contributed by atoms with Gasteiger partial charge in [0.05, 0.1) is 17.6 Å². The molecule has 3 aromatic heterocycles. The third kappa shape index (κ3) is 2.62. The van der Waals surface area contributed by atoms with E-state index < -0.39 is 0 Å². The number of hydrogen-bond donors (Lipinski definition) is 0. The smallest absolute Gasteiger partial charge is 0.102 e. The van der Waals surface area contributed by atoms with Crippen molar-refractivity contribution in [2.75, 3.05) is 6.54 Å². The van der Waals surface area contributed by atoms with E-state index >= 15 is 0 Å². The molecule has 0 aliphatic carbocycles. The molecule has 1 aliphatic rings. The average molecular weight is 305 g/mol. The molecule has 1 aliphatic heterocycles. The van der Waals surface area contributed by atoms with Crippen molar-refractivity contribution in [2.45, 2.75) is 32.0 Å². The Morgan fingerprint density at radius 3 is 3.04 bits per heavy atom. The van der Waals surface area contributed by atoms with Gasteiger partial charge in [-0.05, 0) is 37.6 Å². The predicted octanol–water partition coefficient (Wildman–Crippen LogP) is 2.67. The number of nitrogens with zero attached hydrogens (tertiary/aromatic N) is 5. The Labute approximate surface area is 135 Å². The van der Waals surface area contributed by atoms with Crippen molar-refractivity contribution in [2.24, 2.45) is 0 Å². The van der Waals surface area contributed by atoms with Gasteiger partial charge in [0.2, 0.25) is 0 Å². The zero-order chi connectivity index (χ0) is 15.6. The standard InChI is InChI=1S/C18H19N5/c19-11-17-15(13-22-8-2-1-6-18(17)22)12-21-9-3-5-16(21)14-23-10-4-7-20-23/h1-2,4,6-8,10,13,16H,3,5,9,12,14H2. The van der Waals surface area contributed by atoms with Crippen LogP contribution in [0.5, 0.6) is 0 Å². The van der Waals surface area contributed by atoms with Crippen molar-refractivity contribution in [3.63, 3.8) is 0 Å². The van der Waals surface area contributed by atoms with Crippen molar-refractivity contribution in [1.29, 1.82) is 5.26 Å². The van der Waals surface area contributed by atoms with E-state index in [9.17, 15) is 5.26 Å². The van der Waals surface area contributed by atoms with Crippen LogP contribution in [0.2, 0.25) is 0 Å². The van der Waals surface area contributed by atoms with E-state index in [1.807, 2.05) is 51.9 Å². The Hall–Kier alpha value is -2.58. The van der Waals surface area contributed by atoms with Gasteiger partial charge in [0.25, 0.3) is 0 Å². The first-order valence-corrected chi connectivity index (χ1v) is 8.05. The van der Waals surface area contributed by atoms with E-state index in [-0.39, 0.29) is 0 Å². The second-order valence-corrected chi connectivity index (χ2v) is 6.13. The molecule has 1 atom stereocenters. The molecule has 0 N–H and O–H groups in total. The van der Waals surface area contributed by atoms with Crippen LogP contribution >= 0.6 is 0 Å². The summed E-state index contributed by atoms with van der Waals surface area (Å²) in [7, 11) is 0. The number of pyridine rings is 1. The lowest BCUT2D eigenvalue weighted by Crippen LogP contribution is -2.32. The van der Waals surface area contributed by atoms with Crippen LogP contribution in [0.25, 0.3) is 5.52 Å². The van der Waals surface area contributed by atoms with Crippen LogP contribution in [0.4, 0.5) is 0 Å². The molecule has 4 rings (SSSR count). The van der Waals surface area contributed by atoms with E-state index in [1.165, 1.54) is 12.8 Å². The first-order chi connectivity index (χ1) is 11.3. The molecular formula is C18H19N5. The fourth-order valence-corrected chi connectivity index (χ4v) is 3.58. The molecule has 5 heteroatoms. The average Bonchev–Trinajstić information content (AvgIpc) is 3.28. The number of rotatable bonds is 4. The SMILES string of the molecule is N#Cc1c(CN2CCCC2Cn2cccn2)cn2ccccc12. The minimum atomic E-state index is 0.490. The van der Waals surface area contributed by atoms with E-state index in [0.717, 1.165) is 36.3 Å². The van der Waals surface area contributed by atoms with Crippen LogP contribution in [0.15, 0.2) is 49.1 Å². The summed E-state index contributed by atoms with van der Waals surface area (Å²) in [6.45, 7) is 2.84. The van der Waals surface area contributed by atoms with Gasteiger partial charge in [-0.25, -0.2) is 0 Å². The molecule has 116 valence electrons. The monoisotopic (exact) mass is 305 g/mol. The lowest BCUT2D eigenvalue weighted by atomic mass is 10.1. The normalized spacial score (nSPS) is 18.5. The lowest BCUT2D eigenvalue weighted by molar-refractivity contribution is 0.219. The number of aromatic nitrogens is 3. The van der Waals surface area contributed by atoms with Crippen molar-refractivity contribution in [1.82, 2.24) is 19.1 Å². The first-order valence-electron chi connectivity index (χ1n) is 8.05. The molecule has 1 saturated heterocycles. The molecule has 5 nitrogen and oxygen atoms in total. The van der Waals surface area contributed by atoms with Crippen molar-refractivity contribution in [3.05, 3.63) is 60.2 Å². The van der Waals surface area contributed by atoms with E-state index in [2.05, 4.69) is 22.3 Å². The minimum Gasteiger partial charge on any atom is -0.322 e. The lowest BCUT2D eigenvalue weighted by Gasteiger charge is -2.24. The Kier molecular flexibility index (Phi) is 3.60. The largest absolute Gasteiger partial charge is 0.322 e. The van der Waals surface area contributed by atoms with Crippen LogP contribution in [0.3, 0.4) is 0 Å². The maximum atomic E-state index is 9.56. The highest BCUT2D eigenvalue weighted by atomic mass is 15.3. The number of nitriles is 1. The van der Waals surface area contributed by atoms with Crippen molar-refractivity contribution < 1.29 is 0 Å². The summed E-state index contributed by atoms with van der Waals surface area (Å²) < 4.78 is 4.05. The van der Waals surface area contributed by atoms with Gasteiger partial charge in [-0.15, -0.1) is 0 Å². The Morgan fingerprint density at radius 2 is 2.22 bits per heavy atom. The van der Waals surface area contributed by atoms with E-state index in [0.29, 0.717) is 6.04 Å². The highest BCUT2D eigenvalue weighted by Gasteiger charge is 2.26. The highest BCUT2D eigenvalue weighted by molar-refractivity contribution is 5.65. The van der Waals surface area contributed by atoms with E-state index in [4.69, 9.17) is 0 Å². The molecule has 1 unspecified atom stereocenters. The number of hydrogen-bond acceptors (Lipinski definition) is 3. The molecule has 0 aromatic carbocycles. The quantitative estimate of drug-likeness (QED) is 0.744. The maximum absolute atomic E-state index is 9.56. The molecule has 0 radical (unpaired) electrons. The summed E-state index contributed by atoms with van der Waals surface area (Å²) in [6, 6.07) is 10.8. The zero-order valence-corrected chi connectivity index (χ0v) is 13.0. The molecule has 1 fully saturated rings. The second kappa shape index (κ2) is 5.90. The fourth-order valence-electron chi connectivity index (χ4n) is 3.58. The van der Waals surface area contributed by atoms with Gasteiger partial charge in [-0.1, -0.05) is 6.07 Å². The first kappa shape index (κ1) is 14.0. The van der Waals surface area contributed by atoms with Crippen LogP contribution in [0, 0.1) is 11.3 Å². The van der Waals surface area contributed by atoms with Gasteiger partial charge in [0, 0.05) is 42.9 Å². The van der Waals surface area contributed by atoms with Crippen molar-refractivity contribution in [3.8, 4) is 6.07 Å². The number of likely N-dealkylation sites (tertiary alicyclic amines) is 1. The minimum absolute atomic E-state index is 0.490. The van der Waals surface area contributed by atoms with Gasteiger partial charge in [-0.3, -0.25) is 9.58 Å². The maximum Gasteiger partial charge on any atom is 0.102 e. The van der Waals surface area contributed by atoms with Crippen molar-refractivity contribution >= 4 is 5.52 Å². The van der Waals surface area contributed by atoms with Crippen LogP contribution < -0.4 is 0 Å². The summed E-state index contributed by atoms with van der Waals surface area (Å²) >= 11 is 0. The molecule has 0 spiro atoms. The highest BCUT2D eigenvalue weighted by Crippen LogP contribution is 2.25. The van der Waals surface area contributed by atoms with Gasteiger partial charge >= 0.3 is 0 Å². The molecule has 0 saturated carbocycles. The summed E-state index contributed by atoms with van der Waals surface area (Å²) in [5, 5.41) is 13.9. The summed E-state index contributed by atoms with van der Waals surface area (Å²) in [5.41, 5.74) is 2.91. The third-order valence-corrected chi connectivity index (χ3v) is 4.70. The fraction of sp³-hybridized carbons (Fsp3) is 0.333. The Bertz CT molecular complexity index is 840. The van der Waals surface area contributed by atoms with Gasteiger partial charge in [0.1, 0.15) is 6.07 Å². The Balaban J connectivity index is 1.58. The third-order valence-electron chi connectivity index (χ3n) is 4.70. The van der Waals surface area contributed by atoms with Gasteiger partial charge in [0.15, 0.2) is 0 Å².